The Kier molecular flexibility index (Phi) is 4.39. The summed E-state index contributed by atoms with van der Waals surface area (Å²) in [5, 5.41) is 18.4. The van der Waals surface area contributed by atoms with E-state index in [1.165, 1.54) is 19.3 Å². The lowest BCUT2D eigenvalue weighted by molar-refractivity contribution is -0.145. The van der Waals surface area contributed by atoms with Gasteiger partial charge in [-0.3, -0.25) is 4.79 Å². The van der Waals surface area contributed by atoms with Crippen molar-refractivity contribution < 1.29 is 15.0 Å². The maximum Gasteiger partial charge on any atom is 0.308 e. The molecule has 0 bridgehead atoms. The highest BCUT2D eigenvalue weighted by molar-refractivity contribution is 5.70. The minimum atomic E-state index is -0.895. The Morgan fingerprint density at radius 1 is 1.36 bits per heavy atom. The Morgan fingerprint density at radius 2 is 1.93 bits per heavy atom. The normalized spacial score (nSPS) is 23.0. The van der Waals surface area contributed by atoms with Crippen molar-refractivity contribution in [2.75, 3.05) is 0 Å². The standard InChI is InChI=1S/C11H20O3/c1-8(11(13)14)10(12)7-9-5-3-2-4-6-9/h8-10,12H,2-7H2,1H3,(H,13,14). The quantitative estimate of drug-likeness (QED) is 0.730. The van der Waals surface area contributed by atoms with Gasteiger partial charge in [0.05, 0.1) is 12.0 Å². The van der Waals surface area contributed by atoms with Crippen molar-refractivity contribution in [3.05, 3.63) is 0 Å². The van der Waals surface area contributed by atoms with Gasteiger partial charge in [0.25, 0.3) is 0 Å². The molecule has 0 aromatic carbocycles. The van der Waals surface area contributed by atoms with E-state index >= 15 is 0 Å². The van der Waals surface area contributed by atoms with E-state index in [-0.39, 0.29) is 0 Å². The first kappa shape index (κ1) is 11.5. The van der Waals surface area contributed by atoms with Crippen LogP contribution in [-0.4, -0.2) is 22.3 Å². The van der Waals surface area contributed by atoms with Crippen LogP contribution in [0.3, 0.4) is 0 Å². The highest BCUT2D eigenvalue weighted by Gasteiger charge is 2.25. The van der Waals surface area contributed by atoms with E-state index < -0.39 is 18.0 Å². The lowest BCUT2D eigenvalue weighted by atomic mass is 9.83. The summed E-state index contributed by atoms with van der Waals surface area (Å²) in [6.07, 6.45) is 6.06. The van der Waals surface area contributed by atoms with Crippen LogP contribution in [-0.2, 0) is 4.79 Å². The first-order valence-electron chi connectivity index (χ1n) is 5.52. The molecule has 0 aromatic rings. The van der Waals surface area contributed by atoms with Crippen LogP contribution in [0.25, 0.3) is 0 Å². The molecular weight excluding hydrogens is 180 g/mol. The van der Waals surface area contributed by atoms with E-state index in [1.54, 1.807) is 6.92 Å². The van der Waals surface area contributed by atoms with Gasteiger partial charge in [0.2, 0.25) is 0 Å². The molecule has 2 atom stereocenters. The predicted octanol–water partition coefficient (Wildman–Crippen LogP) is 2.04. The van der Waals surface area contributed by atoms with Crippen LogP contribution in [0.2, 0.25) is 0 Å². The number of aliphatic hydroxyl groups is 1. The third kappa shape index (κ3) is 3.29. The van der Waals surface area contributed by atoms with Crippen LogP contribution in [0, 0.1) is 11.8 Å². The number of aliphatic hydroxyl groups excluding tert-OH is 1. The number of carboxylic acid groups (broad SMARTS) is 1. The zero-order chi connectivity index (χ0) is 10.6. The Bertz CT molecular complexity index is 185. The Balaban J connectivity index is 2.31. The summed E-state index contributed by atoms with van der Waals surface area (Å²) < 4.78 is 0. The Morgan fingerprint density at radius 3 is 2.43 bits per heavy atom. The van der Waals surface area contributed by atoms with Crippen LogP contribution in [0.1, 0.15) is 45.4 Å². The second kappa shape index (κ2) is 5.35. The molecule has 3 nitrogen and oxygen atoms in total. The van der Waals surface area contributed by atoms with Crippen LogP contribution >= 0.6 is 0 Å². The van der Waals surface area contributed by atoms with Crippen molar-refractivity contribution in [1.29, 1.82) is 0 Å². The minimum Gasteiger partial charge on any atom is -0.481 e. The number of rotatable bonds is 4. The molecule has 0 aliphatic heterocycles. The SMILES string of the molecule is CC(C(=O)O)C(O)CC1CCCCC1. The van der Waals surface area contributed by atoms with Gasteiger partial charge in [-0.2, -0.15) is 0 Å². The third-order valence-corrected chi connectivity index (χ3v) is 3.27. The molecule has 0 saturated heterocycles. The molecular formula is C11H20O3. The Hall–Kier alpha value is -0.570. The largest absolute Gasteiger partial charge is 0.481 e. The first-order chi connectivity index (χ1) is 6.61. The molecule has 1 saturated carbocycles. The van der Waals surface area contributed by atoms with Gasteiger partial charge in [0.1, 0.15) is 0 Å². The fraction of sp³-hybridized carbons (Fsp3) is 0.909. The number of carboxylic acids is 1. The molecule has 0 spiro atoms. The number of hydrogen-bond donors (Lipinski definition) is 2. The molecule has 14 heavy (non-hydrogen) atoms. The van der Waals surface area contributed by atoms with Crippen LogP contribution < -0.4 is 0 Å². The summed E-state index contributed by atoms with van der Waals surface area (Å²) in [7, 11) is 0. The highest BCUT2D eigenvalue weighted by Crippen LogP contribution is 2.28. The van der Waals surface area contributed by atoms with Gasteiger partial charge < -0.3 is 10.2 Å². The van der Waals surface area contributed by atoms with Crippen molar-refractivity contribution in [2.24, 2.45) is 11.8 Å². The van der Waals surface area contributed by atoms with Crippen LogP contribution in [0.5, 0.6) is 0 Å². The topological polar surface area (TPSA) is 57.5 Å². The molecule has 2 unspecified atom stereocenters. The maximum atomic E-state index is 10.6. The molecule has 1 fully saturated rings. The summed E-state index contributed by atoms with van der Waals surface area (Å²) in [6.45, 7) is 1.58. The summed E-state index contributed by atoms with van der Waals surface area (Å²) in [5.41, 5.74) is 0. The molecule has 1 aliphatic carbocycles. The second-order valence-corrected chi connectivity index (χ2v) is 4.43. The van der Waals surface area contributed by atoms with Gasteiger partial charge in [-0.1, -0.05) is 32.1 Å². The van der Waals surface area contributed by atoms with Crippen LogP contribution in [0.4, 0.5) is 0 Å². The number of aliphatic carboxylic acids is 1. The van der Waals surface area contributed by atoms with Gasteiger partial charge in [-0.25, -0.2) is 0 Å². The zero-order valence-electron chi connectivity index (χ0n) is 8.78. The van der Waals surface area contributed by atoms with Gasteiger partial charge >= 0.3 is 5.97 Å². The molecule has 1 rings (SSSR count). The van der Waals surface area contributed by atoms with E-state index in [9.17, 15) is 9.90 Å². The molecule has 2 N–H and O–H groups in total. The third-order valence-electron chi connectivity index (χ3n) is 3.27. The van der Waals surface area contributed by atoms with E-state index in [1.807, 2.05) is 0 Å². The summed E-state index contributed by atoms with van der Waals surface area (Å²) in [6, 6.07) is 0. The van der Waals surface area contributed by atoms with Crippen molar-refractivity contribution in [3.8, 4) is 0 Å². The molecule has 3 heteroatoms. The zero-order valence-corrected chi connectivity index (χ0v) is 8.78. The minimum absolute atomic E-state index is 0.542. The van der Waals surface area contributed by atoms with Crippen molar-refractivity contribution in [1.82, 2.24) is 0 Å². The molecule has 82 valence electrons. The lowest BCUT2D eigenvalue weighted by Gasteiger charge is -2.25. The highest BCUT2D eigenvalue weighted by atomic mass is 16.4. The number of carbonyl (C=O) groups is 1. The lowest BCUT2D eigenvalue weighted by Crippen LogP contribution is -2.28. The van der Waals surface area contributed by atoms with Crippen molar-refractivity contribution in [2.45, 2.75) is 51.6 Å². The van der Waals surface area contributed by atoms with E-state index in [0.29, 0.717) is 12.3 Å². The second-order valence-electron chi connectivity index (χ2n) is 4.43. The fourth-order valence-corrected chi connectivity index (χ4v) is 2.13. The van der Waals surface area contributed by atoms with Crippen LogP contribution in [0.15, 0.2) is 0 Å². The maximum absolute atomic E-state index is 10.6. The molecule has 0 radical (unpaired) electrons. The average Bonchev–Trinajstić information content (AvgIpc) is 2.18. The average molecular weight is 200 g/mol. The number of hydrogen-bond acceptors (Lipinski definition) is 2. The first-order valence-corrected chi connectivity index (χ1v) is 5.52. The smallest absolute Gasteiger partial charge is 0.308 e. The van der Waals surface area contributed by atoms with Crippen molar-refractivity contribution in [3.63, 3.8) is 0 Å². The summed E-state index contributed by atoms with van der Waals surface area (Å²) >= 11 is 0. The summed E-state index contributed by atoms with van der Waals surface area (Å²) in [5.74, 6) is -0.981. The van der Waals surface area contributed by atoms with Gasteiger partial charge in [0, 0.05) is 0 Å². The van der Waals surface area contributed by atoms with Crippen molar-refractivity contribution >= 4 is 5.97 Å². The molecule has 1 aliphatic rings. The molecule has 0 amide bonds. The van der Waals surface area contributed by atoms with E-state index in [0.717, 1.165) is 12.8 Å². The summed E-state index contributed by atoms with van der Waals surface area (Å²) in [4.78, 5) is 10.6. The van der Waals surface area contributed by atoms with Gasteiger partial charge in [-0.15, -0.1) is 0 Å². The van der Waals surface area contributed by atoms with E-state index in [4.69, 9.17) is 5.11 Å². The molecule has 0 aromatic heterocycles. The monoisotopic (exact) mass is 200 g/mol. The fourth-order valence-electron chi connectivity index (χ4n) is 2.13. The Labute approximate surface area is 85.1 Å². The predicted molar refractivity (Wildman–Crippen MR) is 54.0 cm³/mol. The molecule has 0 heterocycles. The van der Waals surface area contributed by atoms with Gasteiger partial charge in [0.15, 0.2) is 0 Å². The van der Waals surface area contributed by atoms with E-state index in [2.05, 4.69) is 0 Å². The van der Waals surface area contributed by atoms with Gasteiger partial charge in [-0.05, 0) is 19.3 Å².